The van der Waals surface area contributed by atoms with Crippen molar-refractivity contribution in [2.24, 2.45) is 0 Å². The number of halogens is 2. The zero-order valence-electron chi connectivity index (χ0n) is 13.8. The van der Waals surface area contributed by atoms with E-state index < -0.39 is 0 Å². The molecule has 1 N–H and O–H groups in total. The second kappa shape index (κ2) is 8.38. The van der Waals surface area contributed by atoms with E-state index in [9.17, 15) is 4.79 Å². The smallest absolute Gasteiger partial charge is 0.241 e. The molecule has 0 bridgehead atoms. The number of nitrogens with one attached hydrogen (secondary N) is 1. The molecule has 6 heteroatoms. The second-order valence-corrected chi connectivity index (χ2v) is 6.40. The van der Waals surface area contributed by atoms with Crippen molar-refractivity contribution in [3.05, 3.63) is 58.1 Å². The molecule has 0 aliphatic heterocycles. The van der Waals surface area contributed by atoms with E-state index in [0.29, 0.717) is 22.3 Å². The number of likely N-dealkylation sites (N-methyl/N-ethyl adjacent to an activating group) is 1. The van der Waals surface area contributed by atoms with Crippen LogP contribution in [0, 0.1) is 0 Å². The average Bonchev–Trinajstić information content (AvgIpc) is 2.57. The number of amides is 1. The maximum Gasteiger partial charge on any atom is 0.241 e. The summed E-state index contributed by atoms with van der Waals surface area (Å²) in [5.74, 6) is 0.680. The number of rotatable bonds is 6. The molecule has 1 amide bonds. The minimum Gasteiger partial charge on any atom is -0.497 e. The van der Waals surface area contributed by atoms with E-state index >= 15 is 0 Å². The molecule has 0 aliphatic carbocycles. The van der Waals surface area contributed by atoms with Crippen molar-refractivity contribution in [2.75, 3.05) is 19.5 Å². The number of hydrogen-bond acceptors (Lipinski definition) is 3. The quantitative estimate of drug-likeness (QED) is 0.820. The molecule has 1 unspecified atom stereocenters. The Morgan fingerprint density at radius 2 is 1.88 bits per heavy atom. The van der Waals surface area contributed by atoms with Crippen molar-refractivity contribution in [1.29, 1.82) is 0 Å². The van der Waals surface area contributed by atoms with Crippen molar-refractivity contribution in [3.8, 4) is 5.75 Å². The Bertz CT molecular complexity index is 705. The van der Waals surface area contributed by atoms with Crippen LogP contribution in [-0.2, 0) is 11.3 Å². The van der Waals surface area contributed by atoms with Crippen molar-refractivity contribution >= 4 is 34.8 Å². The zero-order valence-corrected chi connectivity index (χ0v) is 15.4. The summed E-state index contributed by atoms with van der Waals surface area (Å²) in [5, 5.41) is 3.78. The molecule has 0 saturated heterocycles. The molecule has 24 heavy (non-hydrogen) atoms. The number of hydrogen-bond donors (Lipinski definition) is 1. The van der Waals surface area contributed by atoms with Crippen LogP contribution in [0.5, 0.6) is 5.75 Å². The number of nitrogens with zero attached hydrogens (tertiary/aromatic N) is 1. The summed E-state index contributed by atoms with van der Waals surface area (Å²) >= 11 is 12.0. The Morgan fingerprint density at radius 1 is 1.21 bits per heavy atom. The molecule has 1 atom stereocenters. The van der Waals surface area contributed by atoms with Crippen LogP contribution in [0.1, 0.15) is 12.5 Å². The predicted molar refractivity (Wildman–Crippen MR) is 99.0 cm³/mol. The van der Waals surface area contributed by atoms with Gasteiger partial charge in [0.1, 0.15) is 5.75 Å². The molecule has 0 saturated carbocycles. The molecular weight excluding hydrogens is 347 g/mol. The van der Waals surface area contributed by atoms with E-state index in [2.05, 4.69) is 5.32 Å². The highest BCUT2D eigenvalue weighted by Gasteiger charge is 2.19. The molecule has 0 aliphatic rings. The van der Waals surface area contributed by atoms with Crippen molar-refractivity contribution < 1.29 is 9.53 Å². The van der Waals surface area contributed by atoms with E-state index in [1.807, 2.05) is 43.1 Å². The first kappa shape index (κ1) is 18.6. The fourth-order valence-corrected chi connectivity index (χ4v) is 2.64. The maximum atomic E-state index is 12.4. The lowest BCUT2D eigenvalue weighted by molar-refractivity contribution is -0.120. The molecule has 2 aromatic carbocycles. The topological polar surface area (TPSA) is 41.6 Å². The van der Waals surface area contributed by atoms with Crippen LogP contribution in [0.2, 0.25) is 10.0 Å². The lowest BCUT2D eigenvalue weighted by Crippen LogP contribution is -2.39. The van der Waals surface area contributed by atoms with Gasteiger partial charge in [-0.1, -0.05) is 35.3 Å². The molecule has 2 aromatic rings. The second-order valence-electron chi connectivity index (χ2n) is 5.55. The van der Waals surface area contributed by atoms with Crippen LogP contribution in [0.15, 0.2) is 42.5 Å². The summed E-state index contributed by atoms with van der Waals surface area (Å²) in [7, 11) is 3.54. The van der Waals surface area contributed by atoms with E-state index in [1.54, 1.807) is 25.3 Å². The van der Waals surface area contributed by atoms with Crippen molar-refractivity contribution in [1.82, 2.24) is 4.90 Å². The largest absolute Gasteiger partial charge is 0.497 e. The fraction of sp³-hybridized carbons (Fsp3) is 0.278. The van der Waals surface area contributed by atoms with E-state index in [-0.39, 0.29) is 11.9 Å². The highest BCUT2D eigenvalue weighted by Crippen LogP contribution is 2.25. The number of carbonyl (C=O) groups excluding carboxylic acids is 1. The standard InChI is InChI=1S/C18H20Cl2N2O2/c1-12(18(23)21-17-9-6-14(19)10-16(17)20)22(2)11-13-4-7-15(24-3)8-5-13/h4-10,12H,11H2,1-3H3,(H,21,23). The average molecular weight is 367 g/mol. The third-order valence-electron chi connectivity index (χ3n) is 3.82. The van der Waals surface area contributed by atoms with Gasteiger partial charge in [-0.05, 0) is 49.9 Å². The Hall–Kier alpha value is -1.75. The first-order valence-electron chi connectivity index (χ1n) is 7.50. The van der Waals surface area contributed by atoms with E-state index in [1.165, 1.54) is 0 Å². The lowest BCUT2D eigenvalue weighted by atomic mass is 10.1. The van der Waals surface area contributed by atoms with Crippen molar-refractivity contribution in [2.45, 2.75) is 19.5 Å². The van der Waals surface area contributed by atoms with Crippen LogP contribution < -0.4 is 10.1 Å². The van der Waals surface area contributed by atoms with Gasteiger partial charge in [0.2, 0.25) is 5.91 Å². The molecule has 0 radical (unpaired) electrons. The molecule has 0 spiro atoms. The van der Waals surface area contributed by atoms with Crippen LogP contribution >= 0.6 is 23.2 Å². The first-order chi connectivity index (χ1) is 11.4. The highest BCUT2D eigenvalue weighted by atomic mass is 35.5. The molecule has 4 nitrogen and oxygen atoms in total. The van der Waals surface area contributed by atoms with Crippen LogP contribution in [-0.4, -0.2) is 31.0 Å². The van der Waals surface area contributed by atoms with Gasteiger partial charge < -0.3 is 10.1 Å². The van der Waals surface area contributed by atoms with Gasteiger partial charge in [-0.2, -0.15) is 0 Å². The van der Waals surface area contributed by atoms with Gasteiger partial charge in [-0.15, -0.1) is 0 Å². The number of carbonyl (C=O) groups is 1. The molecular formula is C18H20Cl2N2O2. The summed E-state index contributed by atoms with van der Waals surface area (Å²) in [6, 6.07) is 12.4. The number of benzene rings is 2. The third-order valence-corrected chi connectivity index (χ3v) is 4.37. The van der Waals surface area contributed by atoms with Gasteiger partial charge in [0, 0.05) is 11.6 Å². The van der Waals surface area contributed by atoms with Crippen molar-refractivity contribution in [3.63, 3.8) is 0 Å². The Morgan fingerprint density at radius 3 is 2.46 bits per heavy atom. The normalized spacial score (nSPS) is 12.1. The van der Waals surface area contributed by atoms with E-state index in [4.69, 9.17) is 27.9 Å². The molecule has 0 aromatic heterocycles. The lowest BCUT2D eigenvalue weighted by Gasteiger charge is -2.24. The summed E-state index contributed by atoms with van der Waals surface area (Å²) in [5.41, 5.74) is 1.65. The number of ether oxygens (including phenoxy) is 1. The molecule has 0 fully saturated rings. The van der Waals surface area contributed by atoms with Gasteiger partial charge in [0.15, 0.2) is 0 Å². The van der Waals surface area contributed by atoms with Gasteiger partial charge in [-0.3, -0.25) is 9.69 Å². The third kappa shape index (κ3) is 4.87. The monoisotopic (exact) mass is 366 g/mol. The van der Waals surface area contributed by atoms with Crippen LogP contribution in [0.25, 0.3) is 0 Å². The summed E-state index contributed by atoms with van der Waals surface area (Å²) in [6.45, 7) is 2.50. The van der Waals surface area contributed by atoms with E-state index in [0.717, 1.165) is 11.3 Å². The summed E-state index contributed by atoms with van der Waals surface area (Å²) in [4.78, 5) is 14.4. The fourth-order valence-electron chi connectivity index (χ4n) is 2.18. The highest BCUT2D eigenvalue weighted by molar-refractivity contribution is 6.36. The first-order valence-corrected chi connectivity index (χ1v) is 8.25. The minimum atomic E-state index is -0.321. The number of anilines is 1. The molecule has 0 heterocycles. The number of methoxy groups -OCH3 is 1. The molecule has 128 valence electrons. The summed E-state index contributed by atoms with van der Waals surface area (Å²) < 4.78 is 5.15. The van der Waals surface area contributed by atoms with Gasteiger partial charge in [-0.25, -0.2) is 0 Å². The van der Waals surface area contributed by atoms with Crippen LogP contribution in [0.3, 0.4) is 0 Å². The zero-order chi connectivity index (χ0) is 17.7. The maximum absolute atomic E-state index is 12.4. The Labute approximate surface area is 152 Å². The Balaban J connectivity index is 1.98. The van der Waals surface area contributed by atoms with Gasteiger partial charge >= 0.3 is 0 Å². The van der Waals surface area contributed by atoms with Gasteiger partial charge in [0.05, 0.1) is 23.9 Å². The predicted octanol–water partition coefficient (Wildman–Crippen LogP) is 4.46. The van der Waals surface area contributed by atoms with Gasteiger partial charge in [0.25, 0.3) is 0 Å². The minimum absolute atomic E-state index is 0.129. The van der Waals surface area contributed by atoms with Crippen LogP contribution in [0.4, 0.5) is 5.69 Å². The molecule has 2 rings (SSSR count). The SMILES string of the molecule is COc1ccc(CN(C)C(C)C(=O)Nc2ccc(Cl)cc2Cl)cc1. The Kier molecular flexibility index (Phi) is 6.49. The summed E-state index contributed by atoms with van der Waals surface area (Å²) in [6.07, 6.45) is 0.